The fourth-order valence-corrected chi connectivity index (χ4v) is 4.40. The van der Waals surface area contributed by atoms with E-state index in [-0.39, 0.29) is 17.9 Å². The van der Waals surface area contributed by atoms with E-state index >= 15 is 0 Å². The molecule has 2 aliphatic rings. The molecule has 2 heterocycles. The van der Waals surface area contributed by atoms with Crippen LogP contribution in [0.4, 0.5) is 5.69 Å². The molecule has 0 bridgehead atoms. The molecule has 2 aromatic carbocycles. The van der Waals surface area contributed by atoms with Crippen LogP contribution in [0.15, 0.2) is 54.2 Å². The molecule has 0 unspecified atom stereocenters. The summed E-state index contributed by atoms with van der Waals surface area (Å²) in [5, 5.41) is 0. The van der Waals surface area contributed by atoms with Crippen molar-refractivity contribution in [3.05, 3.63) is 65.4 Å². The highest BCUT2D eigenvalue weighted by Crippen LogP contribution is 2.36. The molecule has 0 saturated carbocycles. The lowest BCUT2D eigenvalue weighted by molar-refractivity contribution is -0.120. The largest absolute Gasteiger partial charge is 0.491 e. The van der Waals surface area contributed by atoms with Gasteiger partial charge in [-0.15, -0.1) is 0 Å². The monoisotopic (exact) mass is 432 g/mol. The summed E-state index contributed by atoms with van der Waals surface area (Å²) in [6.07, 6.45) is 3.29. The van der Waals surface area contributed by atoms with Crippen LogP contribution in [0, 0.1) is 0 Å². The van der Waals surface area contributed by atoms with E-state index in [4.69, 9.17) is 4.74 Å². The van der Waals surface area contributed by atoms with Gasteiger partial charge in [-0.05, 0) is 74.4 Å². The molecule has 2 aromatic rings. The van der Waals surface area contributed by atoms with Crippen LogP contribution in [-0.2, 0) is 9.59 Å². The molecule has 0 spiro atoms. The minimum Gasteiger partial charge on any atom is -0.491 e. The Morgan fingerprint density at radius 2 is 1.41 bits per heavy atom. The Morgan fingerprint density at radius 3 is 1.97 bits per heavy atom. The first-order valence-corrected chi connectivity index (χ1v) is 11.6. The van der Waals surface area contributed by atoms with Gasteiger partial charge in [-0.2, -0.15) is 0 Å². The molecule has 5 nitrogen and oxygen atoms in total. The molecular formula is C27H32N2O3. The SMILES string of the molecule is CC(C)Oc1ccc(C2=C(N3CCCCC3)C(=O)N(c3ccc(C(C)C)cc3)C2=O)cc1. The summed E-state index contributed by atoms with van der Waals surface area (Å²) in [5.74, 6) is 0.650. The van der Waals surface area contributed by atoms with Crippen molar-refractivity contribution in [2.45, 2.75) is 59.0 Å². The first kappa shape index (κ1) is 22.1. The summed E-state index contributed by atoms with van der Waals surface area (Å²) in [5.41, 5.74) is 3.56. The van der Waals surface area contributed by atoms with Gasteiger partial charge in [-0.25, -0.2) is 4.90 Å². The summed E-state index contributed by atoms with van der Waals surface area (Å²) in [7, 11) is 0. The maximum atomic E-state index is 13.6. The fourth-order valence-electron chi connectivity index (χ4n) is 4.40. The molecule has 0 aromatic heterocycles. The van der Waals surface area contributed by atoms with Crippen LogP contribution in [0.5, 0.6) is 5.75 Å². The predicted octanol–water partition coefficient (Wildman–Crippen LogP) is 5.37. The second kappa shape index (κ2) is 9.19. The highest BCUT2D eigenvalue weighted by molar-refractivity contribution is 6.45. The van der Waals surface area contributed by atoms with Crippen molar-refractivity contribution in [2.24, 2.45) is 0 Å². The molecule has 1 saturated heterocycles. The Morgan fingerprint density at radius 1 is 0.781 bits per heavy atom. The smallest absolute Gasteiger partial charge is 0.282 e. The van der Waals surface area contributed by atoms with Crippen molar-refractivity contribution in [3.63, 3.8) is 0 Å². The Bertz CT molecular complexity index is 1010. The van der Waals surface area contributed by atoms with Crippen LogP contribution >= 0.6 is 0 Å². The molecule has 2 amide bonds. The topological polar surface area (TPSA) is 49.9 Å². The average Bonchev–Trinajstić information content (AvgIpc) is 3.04. The summed E-state index contributed by atoms with van der Waals surface area (Å²) in [6, 6.07) is 15.3. The van der Waals surface area contributed by atoms with Gasteiger partial charge in [-0.3, -0.25) is 9.59 Å². The summed E-state index contributed by atoms with van der Waals surface area (Å²) >= 11 is 0. The van der Waals surface area contributed by atoms with Crippen LogP contribution in [0.3, 0.4) is 0 Å². The molecule has 0 N–H and O–H groups in total. The second-order valence-corrected chi connectivity index (χ2v) is 9.15. The zero-order valence-corrected chi connectivity index (χ0v) is 19.4. The Kier molecular flexibility index (Phi) is 6.35. The first-order valence-electron chi connectivity index (χ1n) is 11.6. The third-order valence-corrected chi connectivity index (χ3v) is 6.06. The molecule has 4 rings (SSSR count). The van der Waals surface area contributed by atoms with Crippen molar-refractivity contribution >= 4 is 23.1 Å². The highest BCUT2D eigenvalue weighted by atomic mass is 16.5. The number of hydrogen-bond acceptors (Lipinski definition) is 4. The molecular weight excluding hydrogens is 400 g/mol. The molecule has 168 valence electrons. The van der Waals surface area contributed by atoms with Crippen molar-refractivity contribution in [1.29, 1.82) is 0 Å². The Hall–Kier alpha value is -3.08. The van der Waals surface area contributed by atoms with Gasteiger partial charge in [-0.1, -0.05) is 38.1 Å². The lowest BCUT2D eigenvalue weighted by Crippen LogP contribution is -2.37. The molecule has 0 radical (unpaired) electrons. The van der Waals surface area contributed by atoms with Gasteiger partial charge < -0.3 is 9.64 Å². The number of rotatable bonds is 6. The number of anilines is 1. The van der Waals surface area contributed by atoms with Gasteiger partial charge in [0.25, 0.3) is 11.8 Å². The number of nitrogens with zero attached hydrogens (tertiary/aromatic N) is 2. The van der Waals surface area contributed by atoms with E-state index in [1.165, 1.54) is 10.5 Å². The summed E-state index contributed by atoms with van der Waals surface area (Å²) < 4.78 is 5.76. The van der Waals surface area contributed by atoms with Crippen molar-refractivity contribution in [2.75, 3.05) is 18.0 Å². The van der Waals surface area contributed by atoms with Gasteiger partial charge in [0.1, 0.15) is 11.4 Å². The third kappa shape index (κ3) is 4.29. The normalized spacial score (nSPS) is 17.2. The number of benzene rings is 2. The van der Waals surface area contributed by atoms with E-state index in [2.05, 4.69) is 18.7 Å². The number of carbonyl (C=O) groups excluding carboxylic acids is 2. The molecule has 2 aliphatic heterocycles. The molecule has 5 heteroatoms. The van der Waals surface area contributed by atoms with E-state index in [0.29, 0.717) is 22.9 Å². The minimum atomic E-state index is -0.259. The first-order chi connectivity index (χ1) is 15.4. The van der Waals surface area contributed by atoms with Gasteiger partial charge in [0.15, 0.2) is 0 Å². The molecule has 32 heavy (non-hydrogen) atoms. The zero-order valence-electron chi connectivity index (χ0n) is 19.4. The van der Waals surface area contributed by atoms with Gasteiger partial charge in [0, 0.05) is 13.1 Å². The van der Waals surface area contributed by atoms with Crippen LogP contribution < -0.4 is 9.64 Å². The molecule has 0 atom stereocenters. The Balaban J connectivity index is 1.73. The second-order valence-electron chi connectivity index (χ2n) is 9.15. The van der Waals surface area contributed by atoms with Gasteiger partial charge in [0.05, 0.1) is 17.4 Å². The minimum absolute atomic E-state index is 0.0722. The van der Waals surface area contributed by atoms with Crippen LogP contribution in [0.25, 0.3) is 5.57 Å². The number of imide groups is 1. The van der Waals surface area contributed by atoms with Crippen molar-refractivity contribution in [3.8, 4) is 5.75 Å². The van der Waals surface area contributed by atoms with Crippen molar-refractivity contribution < 1.29 is 14.3 Å². The summed E-state index contributed by atoms with van der Waals surface area (Å²) in [6.45, 7) is 9.81. The zero-order chi connectivity index (χ0) is 22.8. The van der Waals surface area contributed by atoms with E-state index in [0.717, 1.165) is 43.7 Å². The number of piperidine rings is 1. The van der Waals surface area contributed by atoms with E-state index in [1.54, 1.807) is 0 Å². The van der Waals surface area contributed by atoms with Crippen LogP contribution in [0.1, 0.15) is 64.0 Å². The lowest BCUT2D eigenvalue weighted by atomic mass is 10.0. The number of likely N-dealkylation sites (tertiary alicyclic amines) is 1. The number of carbonyl (C=O) groups is 2. The lowest BCUT2D eigenvalue weighted by Gasteiger charge is -2.29. The van der Waals surface area contributed by atoms with E-state index in [1.807, 2.05) is 62.4 Å². The number of hydrogen-bond donors (Lipinski definition) is 0. The Labute approximate surface area is 190 Å². The number of ether oxygens (including phenoxy) is 1. The molecule has 0 aliphatic carbocycles. The maximum Gasteiger partial charge on any atom is 0.282 e. The quantitative estimate of drug-likeness (QED) is 0.576. The van der Waals surface area contributed by atoms with Crippen LogP contribution in [0.2, 0.25) is 0 Å². The number of amides is 2. The molecule has 1 fully saturated rings. The average molecular weight is 433 g/mol. The highest BCUT2D eigenvalue weighted by Gasteiger charge is 2.42. The van der Waals surface area contributed by atoms with E-state index < -0.39 is 0 Å². The van der Waals surface area contributed by atoms with Crippen LogP contribution in [-0.4, -0.2) is 35.9 Å². The fraction of sp³-hybridized carbons (Fsp3) is 0.407. The van der Waals surface area contributed by atoms with Gasteiger partial charge in [0.2, 0.25) is 0 Å². The maximum absolute atomic E-state index is 13.6. The van der Waals surface area contributed by atoms with Crippen molar-refractivity contribution in [1.82, 2.24) is 4.90 Å². The third-order valence-electron chi connectivity index (χ3n) is 6.06. The van der Waals surface area contributed by atoms with Gasteiger partial charge >= 0.3 is 0 Å². The van der Waals surface area contributed by atoms with E-state index in [9.17, 15) is 9.59 Å². The predicted molar refractivity (Wildman–Crippen MR) is 128 cm³/mol. The standard InChI is InChI=1S/C27H32N2O3/c1-18(2)20-8-12-22(13-9-20)29-26(30)24(21-10-14-23(15-11-21)32-19(3)4)25(27(29)31)28-16-6-5-7-17-28/h8-15,18-19H,5-7,16-17H2,1-4H3. The summed E-state index contributed by atoms with van der Waals surface area (Å²) in [4.78, 5) is 30.7.